The summed E-state index contributed by atoms with van der Waals surface area (Å²) in [5, 5.41) is 0. The molecular weight excluding hydrogens is 439 g/mol. The van der Waals surface area contributed by atoms with Crippen LogP contribution in [0.3, 0.4) is 0 Å². The number of carbonyl (C=O) groups is 2. The van der Waals surface area contributed by atoms with Crippen molar-refractivity contribution in [3.63, 3.8) is 0 Å². The second-order valence-electron chi connectivity index (χ2n) is 6.89. The van der Waals surface area contributed by atoms with Gasteiger partial charge in [-0.2, -0.15) is 13.2 Å². The molecule has 0 atom stereocenters. The number of anilines is 1. The summed E-state index contributed by atoms with van der Waals surface area (Å²) >= 11 is 0. The number of methoxy groups -OCH3 is 2. The Morgan fingerprint density at radius 3 is 2.09 bits per heavy atom. The van der Waals surface area contributed by atoms with Crippen molar-refractivity contribution < 1.29 is 37.0 Å². The molecule has 172 valence electrons. The van der Waals surface area contributed by atoms with Gasteiger partial charge in [0.25, 0.3) is 0 Å². The minimum Gasteiger partial charge on any atom is -0.465 e. The molecule has 0 spiro atoms. The normalized spacial score (nSPS) is 13.6. The number of carbonyl (C=O) groups excluding carboxylic acids is 2. The van der Waals surface area contributed by atoms with Gasteiger partial charge in [0, 0.05) is 11.9 Å². The fraction of sp³-hybridized carbons (Fsp3) is 0.167. The van der Waals surface area contributed by atoms with Crippen molar-refractivity contribution in [2.75, 3.05) is 19.1 Å². The first kappa shape index (κ1) is 23.6. The monoisotopic (exact) mass is 459 g/mol. The number of aryl methyl sites for hydroxylation is 1. The van der Waals surface area contributed by atoms with E-state index in [9.17, 15) is 22.8 Å². The van der Waals surface area contributed by atoms with E-state index in [4.69, 9.17) is 14.2 Å². The number of rotatable bonds is 5. The molecule has 33 heavy (non-hydrogen) atoms. The molecule has 1 aliphatic heterocycles. The van der Waals surface area contributed by atoms with E-state index in [1.165, 1.54) is 37.3 Å². The molecule has 0 bridgehead atoms. The fourth-order valence-electron chi connectivity index (χ4n) is 3.16. The van der Waals surface area contributed by atoms with Crippen molar-refractivity contribution in [1.82, 2.24) is 0 Å². The van der Waals surface area contributed by atoms with E-state index in [1.807, 2.05) is 0 Å². The van der Waals surface area contributed by atoms with Crippen LogP contribution >= 0.6 is 0 Å². The van der Waals surface area contributed by atoms with Crippen LogP contribution in [-0.2, 0) is 25.2 Å². The maximum absolute atomic E-state index is 12.7. The Labute approximate surface area is 188 Å². The second kappa shape index (κ2) is 9.64. The number of halogens is 3. The summed E-state index contributed by atoms with van der Waals surface area (Å²) in [6.07, 6.45) is 1.85. The zero-order chi connectivity index (χ0) is 24.2. The quantitative estimate of drug-likeness (QED) is 0.566. The number of nitrogens with zero attached hydrogens (tertiary/aromatic N) is 1. The molecular formula is C24H20F3NO5. The molecule has 0 amide bonds. The van der Waals surface area contributed by atoms with Crippen molar-refractivity contribution in [3.05, 3.63) is 89.3 Å². The lowest BCUT2D eigenvalue weighted by Gasteiger charge is -2.25. The van der Waals surface area contributed by atoms with E-state index in [0.717, 1.165) is 12.1 Å². The van der Waals surface area contributed by atoms with Gasteiger partial charge in [0.15, 0.2) is 0 Å². The van der Waals surface area contributed by atoms with E-state index in [2.05, 4.69) is 0 Å². The van der Waals surface area contributed by atoms with Gasteiger partial charge in [0.05, 0.1) is 25.4 Å². The van der Waals surface area contributed by atoms with Crippen LogP contribution in [0, 0.1) is 6.92 Å². The number of hydrogen-bond acceptors (Lipinski definition) is 6. The summed E-state index contributed by atoms with van der Waals surface area (Å²) < 4.78 is 53.6. The average Bonchev–Trinajstić information content (AvgIpc) is 3.01. The first-order valence-electron chi connectivity index (χ1n) is 9.66. The van der Waals surface area contributed by atoms with Crippen LogP contribution in [-0.4, -0.2) is 26.2 Å². The molecule has 0 unspecified atom stereocenters. The first-order valence-corrected chi connectivity index (χ1v) is 9.66. The van der Waals surface area contributed by atoms with Gasteiger partial charge in [-0.1, -0.05) is 6.08 Å². The number of esters is 2. The number of allylic oxidation sites excluding steroid dienone is 2. The van der Waals surface area contributed by atoms with Crippen LogP contribution in [0.2, 0.25) is 0 Å². The van der Waals surface area contributed by atoms with E-state index in [0.29, 0.717) is 17.0 Å². The summed E-state index contributed by atoms with van der Waals surface area (Å²) in [5.74, 6) is -0.835. The Kier molecular flexibility index (Phi) is 6.91. The Hall–Kier alpha value is -4.01. The summed E-state index contributed by atoms with van der Waals surface area (Å²) in [7, 11) is 2.41. The lowest BCUT2D eigenvalue weighted by atomic mass is 10.1. The molecule has 2 aromatic rings. The van der Waals surface area contributed by atoms with Gasteiger partial charge >= 0.3 is 18.1 Å². The fourth-order valence-corrected chi connectivity index (χ4v) is 3.16. The zero-order valence-electron chi connectivity index (χ0n) is 18.0. The third-order valence-corrected chi connectivity index (χ3v) is 4.73. The highest BCUT2D eigenvalue weighted by Gasteiger charge is 2.30. The van der Waals surface area contributed by atoms with Crippen molar-refractivity contribution in [2.24, 2.45) is 0 Å². The summed E-state index contributed by atoms with van der Waals surface area (Å²) in [6, 6.07) is 9.25. The highest BCUT2D eigenvalue weighted by Crippen LogP contribution is 2.34. The molecule has 0 aliphatic carbocycles. The molecule has 0 saturated carbocycles. The van der Waals surface area contributed by atoms with Gasteiger partial charge in [0.2, 0.25) is 0 Å². The van der Waals surface area contributed by atoms with Crippen LogP contribution in [0.15, 0.2) is 78.2 Å². The maximum atomic E-state index is 12.7. The molecule has 1 aliphatic rings. The predicted octanol–water partition coefficient (Wildman–Crippen LogP) is 5.30. The molecule has 9 heteroatoms. The van der Waals surface area contributed by atoms with Gasteiger partial charge in [-0.25, -0.2) is 9.59 Å². The minimum absolute atomic E-state index is 0.0128. The van der Waals surface area contributed by atoms with Crippen LogP contribution in [0.1, 0.15) is 11.1 Å². The van der Waals surface area contributed by atoms with Gasteiger partial charge in [-0.05, 0) is 67.1 Å². The van der Waals surface area contributed by atoms with Crippen molar-refractivity contribution in [2.45, 2.75) is 13.1 Å². The molecule has 0 aromatic heterocycles. The Bertz CT molecular complexity index is 1150. The van der Waals surface area contributed by atoms with Crippen LogP contribution < -0.4 is 9.64 Å². The zero-order valence-corrected chi connectivity index (χ0v) is 18.0. The van der Waals surface area contributed by atoms with Crippen molar-refractivity contribution in [3.8, 4) is 11.5 Å². The average molecular weight is 459 g/mol. The van der Waals surface area contributed by atoms with Crippen LogP contribution in [0.5, 0.6) is 11.5 Å². The van der Waals surface area contributed by atoms with E-state index in [-0.39, 0.29) is 17.0 Å². The maximum Gasteiger partial charge on any atom is 0.416 e. The predicted molar refractivity (Wildman–Crippen MR) is 115 cm³/mol. The molecule has 3 rings (SSSR count). The van der Waals surface area contributed by atoms with Crippen molar-refractivity contribution >= 4 is 17.6 Å². The number of hydrogen-bond donors (Lipinski definition) is 0. The Balaban J connectivity index is 1.95. The van der Waals surface area contributed by atoms with E-state index < -0.39 is 23.7 Å². The SMILES string of the molecule is COC(=O)C1=C(C(=O)OC)N(c2ccc(Oc3ccc(C(F)(F)F)cc3)cc2C)C=CC=C1. The lowest BCUT2D eigenvalue weighted by molar-refractivity contribution is -0.139. The standard InChI is InChI=1S/C24H20F3NO5/c1-15-14-18(33-17-9-7-16(8-10-17)24(25,26)27)11-12-20(15)28-13-5-4-6-19(22(29)31-2)21(28)23(30)32-3/h4-14H,1-3H3. The van der Waals surface area contributed by atoms with E-state index >= 15 is 0 Å². The summed E-state index contributed by atoms with van der Waals surface area (Å²) in [4.78, 5) is 26.3. The van der Waals surface area contributed by atoms with Gasteiger partial charge in [-0.3, -0.25) is 0 Å². The molecule has 0 saturated heterocycles. The molecule has 2 aromatic carbocycles. The number of benzene rings is 2. The molecule has 0 fully saturated rings. The molecule has 6 nitrogen and oxygen atoms in total. The topological polar surface area (TPSA) is 65.1 Å². The number of alkyl halides is 3. The van der Waals surface area contributed by atoms with E-state index in [1.54, 1.807) is 43.5 Å². The third-order valence-electron chi connectivity index (χ3n) is 4.73. The van der Waals surface area contributed by atoms with Gasteiger partial charge in [0.1, 0.15) is 17.2 Å². The molecule has 0 N–H and O–H groups in total. The Morgan fingerprint density at radius 2 is 1.52 bits per heavy atom. The van der Waals surface area contributed by atoms with Gasteiger partial charge < -0.3 is 19.1 Å². The van der Waals surface area contributed by atoms with Crippen molar-refractivity contribution in [1.29, 1.82) is 0 Å². The lowest BCUT2D eigenvalue weighted by Crippen LogP contribution is -2.27. The highest BCUT2D eigenvalue weighted by atomic mass is 19.4. The smallest absolute Gasteiger partial charge is 0.416 e. The summed E-state index contributed by atoms with van der Waals surface area (Å²) in [5.41, 5.74) is 0.423. The van der Waals surface area contributed by atoms with Crippen LogP contribution in [0.25, 0.3) is 0 Å². The molecule has 1 heterocycles. The third kappa shape index (κ3) is 5.25. The minimum atomic E-state index is -4.43. The molecule has 0 radical (unpaired) electrons. The van der Waals surface area contributed by atoms with Gasteiger partial charge in [-0.15, -0.1) is 0 Å². The summed E-state index contributed by atoms with van der Waals surface area (Å²) in [6.45, 7) is 1.76. The second-order valence-corrected chi connectivity index (χ2v) is 6.89. The Morgan fingerprint density at radius 1 is 0.879 bits per heavy atom. The highest BCUT2D eigenvalue weighted by molar-refractivity contribution is 6.05. The van der Waals surface area contributed by atoms with Crippen LogP contribution in [0.4, 0.5) is 18.9 Å². The first-order chi connectivity index (χ1) is 15.7. The number of ether oxygens (including phenoxy) is 3. The largest absolute Gasteiger partial charge is 0.465 e.